The van der Waals surface area contributed by atoms with E-state index in [9.17, 15) is 4.79 Å². The molecule has 0 bridgehead atoms. The zero-order valence-corrected chi connectivity index (χ0v) is 16.6. The molecule has 3 aromatic rings. The van der Waals surface area contributed by atoms with Crippen LogP contribution in [0.3, 0.4) is 0 Å². The van der Waals surface area contributed by atoms with Gasteiger partial charge in [-0.1, -0.05) is 54.6 Å². The average molecular weight is 373 g/mol. The molecule has 3 heteroatoms. The molecule has 0 spiro atoms. The van der Waals surface area contributed by atoms with E-state index in [0.29, 0.717) is 6.42 Å². The van der Waals surface area contributed by atoms with E-state index in [1.807, 2.05) is 11.0 Å². The number of aryl methyl sites for hydroxylation is 2. The molecule has 0 saturated heterocycles. The van der Waals surface area contributed by atoms with Crippen LogP contribution in [0.15, 0.2) is 66.9 Å². The van der Waals surface area contributed by atoms with Gasteiger partial charge in [0.05, 0.1) is 0 Å². The lowest BCUT2D eigenvalue weighted by Gasteiger charge is -2.26. The maximum atomic E-state index is 12.6. The molecule has 0 radical (unpaired) electrons. The minimum atomic E-state index is 0.280. The number of nitrogens with zero attached hydrogens (tertiary/aromatic N) is 2. The minimum absolute atomic E-state index is 0.280. The van der Waals surface area contributed by atoms with Crippen LogP contribution in [0.5, 0.6) is 0 Å². The van der Waals surface area contributed by atoms with Crippen molar-refractivity contribution in [3.8, 4) is 0 Å². The molecule has 0 saturated carbocycles. The van der Waals surface area contributed by atoms with Crippen molar-refractivity contribution in [2.45, 2.75) is 39.2 Å². The number of hydrogen-bond donors (Lipinski definition) is 0. The topological polar surface area (TPSA) is 25.2 Å². The molecule has 0 fully saturated rings. The first-order chi connectivity index (χ1) is 13.8. The number of fused-ring (bicyclic) bond motifs is 1. The van der Waals surface area contributed by atoms with E-state index in [0.717, 1.165) is 38.9 Å². The molecule has 28 heavy (non-hydrogen) atoms. The number of amides is 1. The molecule has 2 heterocycles. The Hall–Kier alpha value is -2.81. The third kappa shape index (κ3) is 3.89. The summed E-state index contributed by atoms with van der Waals surface area (Å²) in [6, 6.07) is 19.0. The Morgan fingerprint density at radius 3 is 2.57 bits per heavy atom. The fraction of sp³-hybridized carbons (Fsp3) is 0.320. The summed E-state index contributed by atoms with van der Waals surface area (Å²) < 4.78 is 2.30. The highest BCUT2D eigenvalue weighted by Gasteiger charge is 2.18. The van der Waals surface area contributed by atoms with Gasteiger partial charge in [-0.2, -0.15) is 0 Å². The molecule has 1 amide bonds. The largest absolute Gasteiger partial charge is 0.347 e. The van der Waals surface area contributed by atoms with Crippen molar-refractivity contribution in [2.75, 3.05) is 13.1 Å². The van der Waals surface area contributed by atoms with Crippen molar-refractivity contribution in [3.63, 3.8) is 0 Å². The Labute approximate surface area is 167 Å². The van der Waals surface area contributed by atoms with Crippen molar-refractivity contribution in [2.24, 2.45) is 0 Å². The Morgan fingerprint density at radius 2 is 1.82 bits per heavy atom. The Morgan fingerprint density at radius 1 is 1.04 bits per heavy atom. The van der Waals surface area contributed by atoms with Crippen LogP contribution >= 0.6 is 0 Å². The van der Waals surface area contributed by atoms with E-state index in [2.05, 4.69) is 72.3 Å². The van der Waals surface area contributed by atoms with Gasteiger partial charge in [-0.25, -0.2) is 0 Å². The number of carbonyl (C=O) groups excluding carboxylic acids is 1. The van der Waals surface area contributed by atoms with Gasteiger partial charge in [-0.3, -0.25) is 4.79 Å². The Bertz CT molecular complexity index is 984. The number of para-hydroxylation sites is 1. The quantitative estimate of drug-likeness (QED) is 0.576. The Kier molecular flexibility index (Phi) is 5.61. The van der Waals surface area contributed by atoms with Crippen LogP contribution in [-0.4, -0.2) is 28.5 Å². The maximum Gasteiger partial charge on any atom is 0.222 e. The van der Waals surface area contributed by atoms with Crippen molar-refractivity contribution >= 4 is 22.4 Å². The van der Waals surface area contributed by atoms with E-state index in [1.54, 1.807) is 0 Å². The van der Waals surface area contributed by atoms with Crippen molar-refractivity contribution in [3.05, 3.63) is 78.0 Å². The summed E-state index contributed by atoms with van der Waals surface area (Å²) in [5.74, 6) is 0.280. The monoisotopic (exact) mass is 372 g/mol. The number of rotatable bonds is 6. The van der Waals surface area contributed by atoms with E-state index < -0.39 is 0 Å². The second-order valence-corrected chi connectivity index (χ2v) is 7.50. The van der Waals surface area contributed by atoms with Gasteiger partial charge in [0.15, 0.2) is 0 Å². The average Bonchev–Trinajstić information content (AvgIpc) is 3.12. The van der Waals surface area contributed by atoms with Crippen molar-refractivity contribution < 1.29 is 4.79 Å². The lowest BCUT2D eigenvalue weighted by atomic mass is 9.99. The molecular weight excluding hydrogens is 344 g/mol. The number of benzene rings is 2. The van der Waals surface area contributed by atoms with Gasteiger partial charge in [0.2, 0.25) is 5.91 Å². The first-order valence-corrected chi connectivity index (χ1v) is 10.3. The summed E-state index contributed by atoms with van der Waals surface area (Å²) in [5, 5.41) is 1.32. The van der Waals surface area contributed by atoms with Crippen molar-refractivity contribution in [1.29, 1.82) is 0 Å². The zero-order chi connectivity index (χ0) is 19.3. The summed E-state index contributed by atoms with van der Waals surface area (Å²) in [7, 11) is 0. The third-order valence-corrected chi connectivity index (χ3v) is 5.75. The highest BCUT2D eigenvalue weighted by molar-refractivity contribution is 5.84. The molecule has 144 valence electrons. The highest BCUT2D eigenvalue weighted by atomic mass is 16.2. The molecule has 0 aliphatic carbocycles. The summed E-state index contributed by atoms with van der Waals surface area (Å²) in [6.07, 6.45) is 7.90. The summed E-state index contributed by atoms with van der Waals surface area (Å²) in [4.78, 5) is 14.6. The molecule has 0 atom stereocenters. The number of hydrogen-bond acceptors (Lipinski definition) is 1. The van der Waals surface area contributed by atoms with Gasteiger partial charge >= 0.3 is 0 Å². The standard InChI is InChI=1S/C25H28N2O/c1-2-26-19-22(23-12-6-7-13-24(23)26)11-8-14-25(28)27-17-15-21(16-18-27)20-9-4-3-5-10-20/h3-7,9-10,12-13,15,19H,2,8,11,14,16-18H2,1H3. The predicted octanol–water partition coefficient (Wildman–Crippen LogP) is 5.30. The normalized spacial score (nSPS) is 14.3. The fourth-order valence-electron chi connectivity index (χ4n) is 4.18. The Balaban J connectivity index is 1.33. The summed E-state index contributed by atoms with van der Waals surface area (Å²) in [6.45, 7) is 4.71. The molecule has 1 aliphatic rings. The SMILES string of the molecule is CCn1cc(CCCC(=O)N2CC=C(c3ccccc3)CC2)c2ccccc21. The van der Waals surface area contributed by atoms with E-state index in [1.165, 1.54) is 27.6 Å². The van der Waals surface area contributed by atoms with Crippen molar-refractivity contribution in [1.82, 2.24) is 9.47 Å². The lowest BCUT2D eigenvalue weighted by molar-refractivity contribution is -0.130. The molecule has 3 nitrogen and oxygen atoms in total. The van der Waals surface area contributed by atoms with Gasteiger partial charge in [-0.15, -0.1) is 0 Å². The first-order valence-electron chi connectivity index (χ1n) is 10.3. The number of aromatic nitrogens is 1. The van der Waals surface area contributed by atoms with Crippen LogP contribution in [-0.2, 0) is 17.8 Å². The van der Waals surface area contributed by atoms with Gasteiger partial charge in [-0.05, 0) is 49.0 Å². The number of carbonyl (C=O) groups is 1. The van der Waals surface area contributed by atoms with E-state index >= 15 is 0 Å². The van der Waals surface area contributed by atoms with Crippen LogP contribution in [0.4, 0.5) is 0 Å². The molecule has 0 unspecified atom stereocenters. The third-order valence-electron chi connectivity index (χ3n) is 5.75. The zero-order valence-electron chi connectivity index (χ0n) is 16.6. The van der Waals surface area contributed by atoms with Gasteiger partial charge in [0.1, 0.15) is 0 Å². The van der Waals surface area contributed by atoms with E-state index in [4.69, 9.17) is 0 Å². The molecule has 2 aromatic carbocycles. The van der Waals surface area contributed by atoms with Gasteiger partial charge < -0.3 is 9.47 Å². The van der Waals surface area contributed by atoms with Gasteiger partial charge in [0, 0.05) is 43.2 Å². The first kappa shape index (κ1) is 18.5. The van der Waals surface area contributed by atoms with Crippen LogP contribution < -0.4 is 0 Å². The van der Waals surface area contributed by atoms with Crippen LogP contribution in [0.2, 0.25) is 0 Å². The summed E-state index contributed by atoms with van der Waals surface area (Å²) >= 11 is 0. The molecular formula is C25H28N2O. The van der Waals surface area contributed by atoms with E-state index in [-0.39, 0.29) is 5.91 Å². The van der Waals surface area contributed by atoms with Crippen LogP contribution in [0, 0.1) is 0 Å². The maximum absolute atomic E-state index is 12.6. The summed E-state index contributed by atoms with van der Waals surface area (Å²) in [5.41, 5.74) is 5.29. The second kappa shape index (κ2) is 8.47. The molecule has 1 aromatic heterocycles. The molecule has 4 rings (SSSR count). The molecule has 0 N–H and O–H groups in total. The molecule has 1 aliphatic heterocycles. The minimum Gasteiger partial charge on any atom is -0.347 e. The van der Waals surface area contributed by atoms with Gasteiger partial charge in [0.25, 0.3) is 0 Å². The van der Waals surface area contributed by atoms with Crippen LogP contribution in [0.1, 0.15) is 37.3 Å². The highest BCUT2D eigenvalue weighted by Crippen LogP contribution is 2.24. The van der Waals surface area contributed by atoms with Crippen LogP contribution in [0.25, 0.3) is 16.5 Å². The lowest BCUT2D eigenvalue weighted by Crippen LogP contribution is -2.34. The second-order valence-electron chi connectivity index (χ2n) is 7.50. The fourth-order valence-corrected chi connectivity index (χ4v) is 4.18. The smallest absolute Gasteiger partial charge is 0.222 e. The predicted molar refractivity (Wildman–Crippen MR) is 116 cm³/mol.